The summed E-state index contributed by atoms with van der Waals surface area (Å²) in [5.41, 5.74) is 1.26. The second-order valence-corrected chi connectivity index (χ2v) is 5.44. The zero-order chi connectivity index (χ0) is 14.2. The SMILES string of the molecule is Cl.O=c1oc2ccccc2c2c1nnn2CCN1CCCC1. The lowest BCUT2D eigenvalue weighted by molar-refractivity contribution is 0.316. The van der Waals surface area contributed by atoms with Crippen LogP contribution in [0.5, 0.6) is 0 Å². The van der Waals surface area contributed by atoms with E-state index in [0.717, 1.165) is 37.1 Å². The molecule has 6 nitrogen and oxygen atoms in total. The number of para-hydroxylation sites is 1. The van der Waals surface area contributed by atoms with Gasteiger partial charge < -0.3 is 9.32 Å². The number of halogens is 1. The summed E-state index contributed by atoms with van der Waals surface area (Å²) in [6.45, 7) is 3.97. The van der Waals surface area contributed by atoms with E-state index in [0.29, 0.717) is 11.1 Å². The number of aromatic nitrogens is 3. The van der Waals surface area contributed by atoms with Crippen LogP contribution in [0.15, 0.2) is 33.5 Å². The summed E-state index contributed by atoms with van der Waals surface area (Å²) in [4.78, 5) is 14.4. The molecule has 4 rings (SSSR count). The average molecular weight is 321 g/mol. The van der Waals surface area contributed by atoms with E-state index in [4.69, 9.17) is 4.42 Å². The van der Waals surface area contributed by atoms with E-state index in [1.54, 1.807) is 6.07 Å². The van der Waals surface area contributed by atoms with E-state index in [2.05, 4.69) is 15.2 Å². The van der Waals surface area contributed by atoms with Gasteiger partial charge in [0.05, 0.1) is 6.54 Å². The second-order valence-electron chi connectivity index (χ2n) is 5.44. The normalized spacial score (nSPS) is 15.5. The van der Waals surface area contributed by atoms with Crippen molar-refractivity contribution in [2.24, 2.45) is 0 Å². The third-order valence-electron chi connectivity index (χ3n) is 4.10. The average Bonchev–Trinajstić information content (AvgIpc) is 3.15. The first kappa shape index (κ1) is 15.0. The minimum atomic E-state index is -0.420. The van der Waals surface area contributed by atoms with Crippen LogP contribution in [-0.4, -0.2) is 39.5 Å². The van der Waals surface area contributed by atoms with Crippen molar-refractivity contribution in [3.05, 3.63) is 34.7 Å². The Balaban J connectivity index is 0.00000144. The molecule has 1 fully saturated rings. The fourth-order valence-electron chi connectivity index (χ4n) is 3.02. The van der Waals surface area contributed by atoms with Gasteiger partial charge in [0.15, 0.2) is 5.52 Å². The van der Waals surface area contributed by atoms with Crippen LogP contribution >= 0.6 is 12.4 Å². The van der Waals surface area contributed by atoms with E-state index >= 15 is 0 Å². The molecule has 1 aliphatic rings. The van der Waals surface area contributed by atoms with Gasteiger partial charge in [-0.05, 0) is 38.1 Å². The number of nitrogens with zero attached hydrogens (tertiary/aromatic N) is 4. The number of benzene rings is 1. The molecule has 7 heteroatoms. The molecule has 3 aromatic rings. The summed E-state index contributed by atoms with van der Waals surface area (Å²) >= 11 is 0. The third kappa shape index (κ3) is 2.48. The highest BCUT2D eigenvalue weighted by Crippen LogP contribution is 2.21. The maximum Gasteiger partial charge on any atom is 0.366 e. The van der Waals surface area contributed by atoms with E-state index in [-0.39, 0.29) is 12.4 Å². The van der Waals surface area contributed by atoms with Gasteiger partial charge in [-0.2, -0.15) is 0 Å². The van der Waals surface area contributed by atoms with Crippen LogP contribution in [0, 0.1) is 0 Å². The Morgan fingerprint density at radius 2 is 1.91 bits per heavy atom. The van der Waals surface area contributed by atoms with Gasteiger partial charge in [-0.1, -0.05) is 17.3 Å². The summed E-state index contributed by atoms with van der Waals surface area (Å²) in [5.74, 6) is 0. The highest BCUT2D eigenvalue weighted by atomic mass is 35.5. The molecule has 0 N–H and O–H groups in total. The van der Waals surface area contributed by atoms with Crippen LogP contribution < -0.4 is 5.63 Å². The Morgan fingerprint density at radius 1 is 1.14 bits per heavy atom. The number of likely N-dealkylation sites (tertiary alicyclic amines) is 1. The van der Waals surface area contributed by atoms with Gasteiger partial charge in [0.25, 0.3) is 0 Å². The Bertz CT molecular complexity index is 851. The Morgan fingerprint density at radius 3 is 2.73 bits per heavy atom. The largest absolute Gasteiger partial charge is 0.421 e. The molecular weight excluding hydrogens is 304 g/mol. The number of fused-ring (bicyclic) bond motifs is 3. The van der Waals surface area contributed by atoms with Crippen molar-refractivity contribution in [3.8, 4) is 0 Å². The van der Waals surface area contributed by atoms with Crippen LogP contribution in [0.3, 0.4) is 0 Å². The lowest BCUT2D eigenvalue weighted by Gasteiger charge is -2.14. The minimum absolute atomic E-state index is 0. The summed E-state index contributed by atoms with van der Waals surface area (Å²) in [6, 6.07) is 7.53. The summed E-state index contributed by atoms with van der Waals surface area (Å²) in [6.07, 6.45) is 2.54. The van der Waals surface area contributed by atoms with Gasteiger partial charge in [0, 0.05) is 11.9 Å². The van der Waals surface area contributed by atoms with E-state index in [1.807, 2.05) is 22.9 Å². The van der Waals surface area contributed by atoms with Crippen LogP contribution in [0.1, 0.15) is 12.8 Å². The molecule has 0 saturated carbocycles. The Kier molecular flexibility index (Phi) is 4.13. The number of rotatable bonds is 3. The highest BCUT2D eigenvalue weighted by molar-refractivity contribution is 6.00. The zero-order valence-corrected chi connectivity index (χ0v) is 12.9. The molecule has 1 aromatic carbocycles. The van der Waals surface area contributed by atoms with Crippen molar-refractivity contribution < 1.29 is 4.42 Å². The van der Waals surface area contributed by atoms with Crippen molar-refractivity contribution in [1.29, 1.82) is 0 Å². The first-order valence-corrected chi connectivity index (χ1v) is 7.30. The minimum Gasteiger partial charge on any atom is -0.421 e. The molecule has 116 valence electrons. The molecule has 1 aliphatic heterocycles. The Hall–Kier alpha value is -1.92. The molecule has 2 aromatic heterocycles. The predicted octanol–water partition coefficient (Wildman–Crippen LogP) is 2.06. The molecule has 0 amide bonds. The standard InChI is InChI=1S/C15H16N4O2.ClH/c20-15-13-14(11-5-1-2-6-12(11)21-15)19(17-16-13)10-9-18-7-3-4-8-18;/h1-2,5-6H,3-4,7-10H2;1H. The maximum atomic E-state index is 12.0. The van der Waals surface area contributed by atoms with Gasteiger partial charge in [0.1, 0.15) is 11.1 Å². The summed E-state index contributed by atoms with van der Waals surface area (Å²) in [5, 5.41) is 9.04. The van der Waals surface area contributed by atoms with Crippen LogP contribution in [-0.2, 0) is 6.54 Å². The molecule has 0 aliphatic carbocycles. The van der Waals surface area contributed by atoms with Crippen molar-refractivity contribution in [2.45, 2.75) is 19.4 Å². The predicted molar refractivity (Wildman–Crippen MR) is 86.5 cm³/mol. The fourth-order valence-corrected chi connectivity index (χ4v) is 3.02. The molecule has 0 atom stereocenters. The van der Waals surface area contributed by atoms with Gasteiger partial charge in [-0.25, -0.2) is 9.48 Å². The smallest absolute Gasteiger partial charge is 0.366 e. The monoisotopic (exact) mass is 320 g/mol. The maximum absolute atomic E-state index is 12.0. The Labute approximate surface area is 133 Å². The topological polar surface area (TPSA) is 64.2 Å². The van der Waals surface area contributed by atoms with Crippen LogP contribution in [0.4, 0.5) is 0 Å². The first-order chi connectivity index (χ1) is 10.3. The van der Waals surface area contributed by atoms with Crippen molar-refractivity contribution in [1.82, 2.24) is 19.9 Å². The lowest BCUT2D eigenvalue weighted by Crippen LogP contribution is -2.24. The fraction of sp³-hybridized carbons (Fsp3) is 0.400. The molecule has 3 heterocycles. The number of hydrogen-bond acceptors (Lipinski definition) is 5. The summed E-state index contributed by atoms with van der Waals surface area (Å²) in [7, 11) is 0. The molecular formula is C15H17ClN4O2. The first-order valence-electron chi connectivity index (χ1n) is 7.30. The molecule has 0 bridgehead atoms. The van der Waals surface area contributed by atoms with Crippen molar-refractivity contribution >= 4 is 34.4 Å². The van der Waals surface area contributed by atoms with Gasteiger partial charge in [0.2, 0.25) is 0 Å². The zero-order valence-electron chi connectivity index (χ0n) is 12.1. The lowest BCUT2D eigenvalue weighted by atomic mass is 10.2. The number of hydrogen-bond donors (Lipinski definition) is 0. The van der Waals surface area contributed by atoms with E-state index in [1.165, 1.54) is 12.8 Å². The third-order valence-corrected chi connectivity index (χ3v) is 4.10. The van der Waals surface area contributed by atoms with E-state index < -0.39 is 5.63 Å². The van der Waals surface area contributed by atoms with Gasteiger partial charge >= 0.3 is 5.63 Å². The van der Waals surface area contributed by atoms with Gasteiger partial charge in [-0.3, -0.25) is 0 Å². The summed E-state index contributed by atoms with van der Waals surface area (Å²) < 4.78 is 7.11. The van der Waals surface area contributed by atoms with Crippen LogP contribution in [0.25, 0.3) is 22.0 Å². The van der Waals surface area contributed by atoms with Crippen molar-refractivity contribution in [2.75, 3.05) is 19.6 Å². The van der Waals surface area contributed by atoms with Crippen molar-refractivity contribution in [3.63, 3.8) is 0 Å². The molecule has 1 saturated heterocycles. The highest BCUT2D eigenvalue weighted by Gasteiger charge is 2.16. The van der Waals surface area contributed by atoms with Crippen LogP contribution in [0.2, 0.25) is 0 Å². The molecule has 0 spiro atoms. The quantitative estimate of drug-likeness (QED) is 0.691. The molecule has 0 radical (unpaired) electrons. The molecule has 22 heavy (non-hydrogen) atoms. The van der Waals surface area contributed by atoms with E-state index in [9.17, 15) is 4.79 Å². The second kappa shape index (κ2) is 6.06. The molecule has 0 unspecified atom stereocenters. The van der Waals surface area contributed by atoms with Gasteiger partial charge in [-0.15, -0.1) is 17.5 Å².